The summed E-state index contributed by atoms with van der Waals surface area (Å²) in [5, 5.41) is 8.46. The van der Waals surface area contributed by atoms with Crippen LogP contribution < -0.4 is 4.74 Å². The number of rotatable bonds is 3. The van der Waals surface area contributed by atoms with E-state index >= 15 is 0 Å². The molecule has 0 saturated carbocycles. The maximum Gasteiger partial charge on any atom is 0.284 e. The number of pyridine rings is 1. The highest BCUT2D eigenvalue weighted by Crippen LogP contribution is 2.29. The highest BCUT2D eigenvalue weighted by molar-refractivity contribution is 5.39. The summed E-state index contributed by atoms with van der Waals surface area (Å²) >= 11 is 0. The first-order valence-corrected chi connectivity index (χ1v) is 3.87. The van der Waals surface area contributed by atoms with Crippen LogP contribution in [0.2, 0.25) is 0 Å². The molecule has 0 aliphatic carbocycles. The summed E-state index contributed by atoms with van der Waals surface area (Å²) < 4.78 is 29.6. The van der Waals surface area contributed by atoms with Gasteiger partial charge in [0.2, 0.25) is 0 Å². The number of methoxy groups -OCH3 is 1. The van der Waals surface area contributed by atoms with E-state index in [0.717, 1.165) is 0 Å². The van der Waals surface area contributed by atoms with Gasteiger partial charge in [0.1, 0.15) is 11.4 Å². The van der Waals surface area contributed by atoms with Crippen molar-refractivity contribution in [2.75, 3.05) is 7.11 Å². The van der Waals surface area contributed by atoms with Gasteiger partial charge in [0, 0.05) is 11.8 Å². The van der Waals surface area contributed by atoms with Gasteiger partial charge < -0.3 is 4.74 Å². The fraction of sp³-hybridized carbons (Fsp3) is 0.333. The molecule has 5 heteroatoms. The smallest absolute Gasteiger partial charge is 0.284 e. The second-order valence-corrected chi connectivity index (χ2v) is 2.52. The Hall–Kier alpha value is -1.70. The number of alkyl halides is 2. The molecule has 3 nitrogen and oxygen atoms in total. The molecule has 1 aromatic heterocycles. The van der Waals surface area contributed by atoms with Crippen LogP contribution in [0, 0.1) is 11.3 Å². The van der Waals surface area contributed by atoms with Crippen LogP contribution in [0.4, 0.5) is 8.78 Å². The monoisotopic (exact) mass is 198 g/mol. The largest absolute Gasteiger partial charge is 0.494 e. The fourth-order valence-corrected chi connectivity index (χ4v) is 1.12. The molecule has 0 aliphatic heterocycles. The maximum atomic E-state index is 12.4. The van der Waals surface area contributed by atoms with Crippen LogP contribution in [0.5, 0.6) is 5.75 Å². The number of nitriles is 1. The quantitative estimate of drug-likeness (QED) is 0.747. The molecule has 1 heterocycles. The lowest BCUT2D eigenvalue weighted by Crippen LogP contribution is -2.00. The summed E-state index contributed by atoms with van der Waals surface area (Å²) in [5.74, 6) is 0.00375. The molecule has 0 atom stereocenters. The molecule has 0 radical (unpaired) electrons. The van der Waals surface area contributed by atoms with Crippen molar-refractivity contribution in [2.45, 2.75) is 12.8 Å². The lowest BCUT2D eigenvalue weighted by molar-refractivity contribution is 0.141. The molecule has 1 aromatic rings. The van der Waals surface area contributed by atoms with E-state index in [9.17, 15) is 8.78 Å². The SMILES string of the molecule is COc1c(CC#N)ccnc1C(F)F. The zero-order chi connectivity index (χ0) is 10.6. The van der Waals surface area contributed by atoms with Gasteiger partial charge in [-0.2, -0.15) is 5.26 Å². The van der Waals surface area contributed by atoms with Gasteiger partial charge in [-0.15, -0.1) is 0 Å². The molecular formula is C9H8F2N2O. The molecule has 14 heavy (non-hydrogen) atoms. The Balaban J connectivity index is 3.19. The van der Waals surface area contributed by atoms with Gasteiger partial charge in [-0.1, -0.05) is 0 Å². The van der Waals surface area contributed by atoms with Gasteiger partial charge in [0.05, 0.1) is 19.6 Å². The molecule has 0 spiro atoms. The van der Waals surface area contributed by atoms with Gasteiger partial charge in [0.25, 0.3) is 6.43 Å². The number of aromatic nitrogens is 1. The van der Waals surface area contributed by atoms with Crippen LogP contribution in [0.3, 0.4) is 0 Å². The second kappa shape index (κ2) is 4.51. The van der Waals surface area contributed by atoms with Gasteiger partial charge in [-0.05, 0) is 6.07 Å². The van der Waals surface area contributed by atoms with E-state index < -0.39 is 12.1 Å². The van der Waals surface area contributed by atoms with Crippen molar-refractivity contribution in [2.24, 2.45) is 0 Å². The van der Waals surface area contributed by atoms with Crippen molar-refractivity contribution < 1.29 is 13.5 Å². The third kappa shape index (κ3) is 1.96. The van der Waals surface area contributed by atoms with E-state index in [-0.39, 0.29) is 12.2 Å². The van der Waals surface area contributed by atoms with Gasteiger partial charge in [0.15, 0.2) is 0 Å². The van der Waals surface area contributed by atoms with Crippen molar-refractivity contribution in [1.82, 2.24) is 4.98 Å². The van der Waals surface area contributed by atoms with E-state index in [2.05, 4.69) is 4.98 Å². The molecule has 1 rings (SSSR count). The van der Waals surface area contributed by atoms with Crippen molar-refractivity contribution in [3.63, 3.8) is 0 Å². The highest BCUT2D eigenvalue weighted by atomic mass is 19.3. The molecule has 74 valence electrons. The predicted octanol–water partition coefficient (Wildman–Crippen LogP) is 2.09. The lowest BCUT2D eigenvalue weighted by Gasteiger charge is -2.09. The number of hydrogen-bond acceptors (Lipinski definition) is 3. The Morgan fingerprint density at radius 2 is 2.36 bits per heavy atom. The first-order chi connectivity index (χ1) is 6.70. The van der Waals surface area contributed by atoms with E-state index in [1.807, 2.05) is 6.07 Å². The number of halogens is 2. The van der Waals surface area contributed by atoms with Gasteiger partial charge in [-0.3, -0.25) is 4.98 Å². The third-order valence-electron chi connectivity index (χ3n) is 1.69. The van der Waals surface area contributed by atoms with Crippen LogP contribution in [0.1, 0.15) is 17.7 Å². The average Bonchev–Trinajstić information content (AvgIpc) is 2.18. The molecule has 0 unspecified atom stereocenters. The maximum absolute atomic E-state index is 12.4. The number of nitrogens with zero attached hydrogens (tertiary/aromatic N) is 2. The van der Waals surface area contributed by atoms with Gasteiger partial charge >= 0.3 is 0 Å². The van der Waals surface area contributed by atoms with Gasteiger partial charge in [-0.25, -0.2) is 8.78 Å². The Morgan fingerprint density at radius 3 is 2.86 bits per heavy atom. The standard InChI is InChI=1S/C9H8F2N2O/c1-14-8-6(2-4-12)3-5-13-7(8)9(10)11/h3,5,9H,2H2,1H3. The topological polar surface area (TPSA) is 45.9 Å². The van der Waals surface area contributed by atoms with Crippen molar-refractivity contribution in [3.8, 4) is 11.8 Å². The van der Waals surface area contributed by atoms with Crippen LogP contribution >= 0.6 is 0 Å². The average molecular weight is 198 g/mol. The molecule has 0 N–H and O–H groups in total. The number of ether oxygens (including phenoxy) is 1. The zero-order valence-corrected chi connectivity index (χ0v) is 7.50. The minimum absolute atomic E-state index is 0.00375. The predicted molar refractivity (Wildman–Crippen MR) is 45.1 cm³/mol. The molecule has 0 saturated heterocycles. The normalized spacial score (nSPS) is 9.93. The summed E-state index contributed by atoms with van der Waals surface area (Å²) in [6, 6.07) is 3.37. The summed E-state index contributed by atoms with van der Waals surface area (Å²) in [6.45, 7) is 0. The van der Waals surface area contributed by atoms with Crippen molar-refractivity contribution in [3.05, 3.63) is 23.5 Å². The second-order valence-electron chi connectivity index (χ2n) is 2.52. The first kappa shape index (κ1) is 10.4. The Labute approximate surface area is 79.9 Å². The molecule has 0 bridgehead atoms. The highest BCUT2D eigenvalue weighted by Gasteiger charge is 2.18. The van der Waals surface area contributed by atoms with E-state index in [0.29, 0.717) is 5.56 Å². The van der Waals surface area contributed by atoms with Crippen LogP contribution in [-0.4, -0.2) is 12.1 Å². The summed E-state index contributed by atoms with van der Waals surface area (Å²) in [4.78, 5) is 3.51. The van der Waals surface area contributed by atoms with Crippen LogP contribution in [-0.2, 0) is 6.42 Å². The number of hydrogen-bond donors (Lipinski definition) is 0. The minimum atomic E-state index is -2.69. The molecule has 0 amide bonds. The first-order valence-electron chi connectivity index (χ1n) is 3.87. The van der Waals surface area contributed by atoms with Crippen LogP contribution in [0.25, 0.3) is 0 Å². The lowest BCUT2D eigenvalue weighted by atomic mass is 10.1. The van der Waals surface area contributed by atoms with E-state index in [4.69, 9.17) is 10.00 Å². The summed E-state index contributed by atoms with van der Waals surface area (Å²) in [5.41, 5.74) is 0.0144. The molecule has 0 aromatic carbocycles. The minimum Gasteiger partial charge on any atom is -0.494 e. The van der Waals surface area contributed by atoms with Crippen molar-refractivity contribution >= 4 is 0 Å². The summed E-state index contributed by atoms with van der Waals surface area (Å²) in [6.07, 6.45) is -1.41. The Morgan fingerprint density at radius 1 is 1.64 bits per heavy atom. The zero-order valence-electron chi connectivity index (χ0n) is 7.50. The fourth-order valence-electron chi connectivity index (χ4n) is 1.12. The molecule has 0 fully saturated rings. The summed E-state index contributed by atoms with van der Waals surface area (Å²) in [7, 11) is 1.28. The Kier molecular flexibility index (Phi) is 3.35. The van der Waals surface area contributed by atoms with E-state index in [1.165, 1.54) is 19.4 Å². The third-order valence-corrected chi connectivity index (χ3v) is 1.69. The molecule has 0 aliphatic rings. The van der Waals surface area contributed by atoms with E-state index in [1.54, 1.807) is 0 Å². The molecular weight excluding hydrogens is 190 g/mol. The van der Waals surface area contributed by atoms with Crippen LogP contribution in [0.15, 0.2) is 12.3 Å². The van der Waals surface area contributed by atoms with Crippen molar-refractivity contribution in [1.29, 1.82) is 5.26 Å². The Bertz CT molecular complexity index is 360.